The zero-order chi connectivity index (χ0) is 18.8. The molecule has 8 nitrogen and oxygen atoms in total. The van der Waals surface area contributed by atoms with Crippen molar-refractivity contribution in [2.24, 2.45) is 7.05 Å². The number of morpholine rings is 1. The minimum absolute atomic E-state index is 0.119. The summed E-state index contributed by atoms with van der Waals surface area (Å²) in [7, 11) is 1.88. The van der Waals surface area contributed by atoms with Crippen LogP contribution in [0, 0.1) is 0 Å². The van der Waals surface area contributed by atoms with Gasteiger partial charge in [0.1, 0.15) is 0 Å². The molecule has 1 aromatic carbocycles. The summed E-state index contributed by atoms with van der Waals surface area (Å²) < 4.78 is 7.17. The second kappa shape index (κ2) is 7.42. The molecule has 0 saturated carbocycles. The van der Waals surface area contributed by atoms with Gasteiger partial charge in [0.05, 0.1) is 31.5 Å². The highest BCUT2D eigenvalue weighted by Crippen LogP contribution is 2.23. The Balaban J connectivity index is 1.51. The van der Waals surface area contributed by atoms with Crippen LogP contribution in [0.25, 0.3) is 22.0 Å². The van der Waals surface area contributed by atoms with Gasteiger partial charge in [-0.3, -0.25) is 19.7 Å². The number of aromatic nitrogens is 4. The van der Waals surface area contributed by atoms with Crippen LogP contribution in [-0.2, 0) is 16.6 Å². The van der Waals surface area contributed by atoms with Gasteiger partial charge in [-0.05, 0) is 18.6 Å². The molecule has 0 aliphatic carbocycles. The topological polar surface area (TPSA) is 85.2 Å². The number of carbonyl (C=O) groups excluding carboxylic acids is 1. The number of benzene rings is 1. The second-order valence-electron chi connectivity index (χ2n) is 6.81. The summed E-state index contributed by atoms with van der Waals surface area (Å²) in [4.78, 5) is 23.2. The fourth-order valence-corrected chi connectivity index (χ4v) is 3.18. The van der Waals surface area contributed by atoms with Crippen molar-refractivity contribution >= 4 is 22.8 Å². The number of aryl methyl sites for hydroxylation is 1. The maximum absolute atomic E-state index is 12.4. The number of nitrogens with zero attached hydrogens (tertiary/aromatic N) is 5. The fourth-order valence-electron chi connectivity index (χ4n) is 3.18. The normalized spacial score (nSPS) is 17.9. The van der Waals surface area contributed by atoms with E-state index < -0.39 is 0 Å². The van der Waals surface area contributed by atoms with Crippen LogP contribution in [0.1, 0.15) is 6.92 Å². The first-order valence-corrected chi connectivity index (χ1v) is 8.96. The van der Waals surface area contributed by atoms with Crippen molar-refractivity contribution in [3.63, 3.8) is 0 Å². The standard InChI is InChI=1S/C19H22N6O2/c1-13-12-27-6-5-25(13)11-18(26)23-19-20-8-15-4-3-14(7-17(15)22-19)16-9-21-24(2)10-16/h3-4,7-10,13H,5-6,11-12H2,1-2H3,(H,20,22,23,26)/t13-/m1/s1. The highest BCUT2D eigenvalue weighted by molar-refractivity contribution is 5.92. The van der Waals surface area contributed by atoms with Gasteiger partial charge in [-0.15, -0.1) is 0 Å². The molecular weight excluding hydrogens is 344 g/mol. The summed E-state index contributed by atoms with van der Waals surface area (Å²) in [5, 5.41) is 7.93. The van der Waals surface area contributed by atoms with Gasteiger partial charge >= 0.3 is 0 Å². The Morgan fingerprint density at radius 1 is 1.33 bits per heavy atom. The molecule has 8 heteroatoms. The third kappa shape index (κ3) is 3.96. The van der Waals surface area contributed by atoms with Gasteiger partial charge in [0.2, 0.25) is 11.9 Å². The Hall–Kier alpha value is -2.84. The molecule has 3 heterocycles. The number of fused-ring (bicyclic) bond motifs is 1. The molecule has 3 aromatic rings. The monoisotopic (exact) mass is 366 g/mol. The number of ether oxygens (including phenoxy) is 1. The lowest BCUT2D eigenvalue weighted by atomic mass is 10.1. The average Bonchev–Trinajstić information content (AvgIpc) is 3.09. The molecule has 4 rings (SSSR count). The molecule has 1 aliphatic rings. The molecule has 0 radical (unpaired) electrons. The number of hydrogen-bond acceptors (Lipinski definition) is 6. The van der Waals surface area contributed by atoms with Gasteiger partial charge in [-0.2, -0.15) is 5.10 Å². The molecule has 1 fully saturated rings. The number of hydrogen-bond donors (Lipinski definition) is 1. The summed E-state index contributed by atoms with van der Waals surface area (Å²) in [5.74, 6) is 0.197. The molecular formula is C19H22N6O2. The molecule has 0 spiro atoms. The van der Waals surface area contributed by atoms with Gasteiger partial charge < -0.3 is 4.74 Å². The van der Waals surface area contributed by atoms with E-state index in [2.05, 4.69) is 32.2 Å². The van der Waals surface area contributed by atoms with Crippen LogP contribution >= 0.6 is 0 Å². The van der Waals surface area contributed by atoms with Gasteiger partial charge in [0.25, 0.3) is 0 Å². The van der Waals surface area contributed by atoms with Crippen molar-refractivity contribution in [2.75, 3.05) is 31.6 Å². The predicted octanol–water partition coefficient (Wildman–Crippen LogP) is 1.69. The highest BCUT2D eigenvalue weighted by atomic mass is 16.5. The largest absolute Gasteiger partial charge is 0.379 e. The molecule has 1 saturated heterocycles. The van der Waals surface area contributed by atoms with E-state index in [1.807, 2.05) is 37.6 Å². The molecule has 27 heavy (non-hydrogen) atoms. The predicted molar refractivity (Wildman–Crippen MR) is 102 cm³/mol. The van der Waals surface area contributed by atoms with Crippen LogP contribution in [-0.4, -0.2) is 62.9 Å². The lowest BCUT2D eigenvalue weighted by Gasteiger charge is -2.32. The Labute approximate surface area is 157 Å². The summed E-state index contributed by atoms with van der Waals surface area (Å²) in [6, 6.07) is 6.19. The zero-order valence-electron chi connectivity index (χ0n) is 15.4. The van der Waals surface area contributed by atoms with Crippen molar-refractivity contribution in [2.45, 2.75) is 13.0 Å². The van der Waals surface area contributed by atoms with E-state index in [1.54, 1.807) is 10.9 Å². The SMILES string of the molecule is C[C@@H]1COCCN1CC(=O)Nc1ncc2ccc(-c3cnn(C)c3)cc2n1. The number of nitrogens with one attached hydrogen (secondary N) is 1. The quantitative estimate of drug-likeness (QED) is 0.756. The summed E-state index contributed by atoms with van der Waals surface area (Å²) in [6.07, 6.45) is 5.49. The van der Waals surface area contributed by atoms with Crippen molar-refractivity contribution in [1.82, 2.24) is 24.6 Å². The highest BCUT2D eigenvalue weighted by Gasteiger charge is 2.21. The molecule has 0 unspecified atom stereocenters. The van der Waals surface area contributed by atoms with Crippen LogP contribution in [0.5, 0.6) is 0 Å². The van der Waals surface area contributed by atoms with Crippen molar-refractivity contribution < 1.29 is 9.53 Å². The molecule has 1 amide bonds. The van der Waals surface area contributed by atoms with E-state index >= 15 is 0 Å². The minimum atomic E-state index is -0.119. The minimum Gasteiger partial charge on any atom is -0.379 e. The van der Waals surface area contributed by atoms with E-state index in [0.29, 0.717) is 25.7 Å². The number of amides is 1. The molecule has 2 aromatic heterocycles. The van der Waals surface area contributed by atoms with Gasteiger partial charge in [0.15, 0.2) is 0 Å². The van der Waals surface area contributed by atoms with Crippen molar-refractivity contribution in [1.29, 1.82) is 0 Å². The van der Waals surface area contributed by atoms with Crippen LogP contribution in [0.15, 0.2) is 36.8 Å². The zero-order valence-corrected chi connectivity index (χ0v) is 15.4. The fraction of sp³-hybridized carbons (Fsp3) is 0.368. The maximum Gasteiger partial charge on any atom is 0.240 e. The molecule has 140 valence electrons. The van der Waals surface area contributed by atoms with Crippen LogP contribution in [0.4, 0.5) is 5.95 Å². The van der Waals surface area contributed by atoms with Gasteiger partial charge in [0, 0.05) is 43.0 Å². The number of anilines is 1. The lowest BCUT2D eigenvalue weighted by Crippen LogP contribution is -2.47. The Morgan fingerprint density at radius 3 is 3.00 bits per heavy atom. The molecule has 1 N–H and O–H groups in total. The lowest BCUT2D eigenvalue weighted by molar-refractivity contribution is -0.119. The first-order valence-electron chi connectivity index (χ1n) is 8.96. The van der Waals surface area contributed by atoms with Crippen LogP contribution in [0.2, 0.25) is 0 Å². The van der Waals surface area contributed by atoms with Crippen LogP contribution in [0.3, 0.4) is 0 Å². The Kier molecular flexibility index (Phi) is 4.83. The molecule has 1 atom stereocenters. The average molecular weight is 366 g/mol. The van der Waals surface area contributed by atoms with Gasteiger partial charge in [-0.25, -0.2) is 9.97 Å². The third-order valence-corrected chi connectivity index (χ3v) is 4.72. The van der Waals surface area contributed by atoms with E-state index in [-0.39, 0.29) is 11.9 Å². The number of rotatable bonds is 4. The first kappa shape index (κ1) is 17.6. The Bertz CT molecular complexity index is 970. The van der Waals surface area contributed by atoms with E-state index in [4.69, 9.17) is 4.74 Å². The van der Waals surface area contributed by atoms with E-state index in [1.165, 1.54) is 0 Å². The Morgan fingerprint density at radius 2 is 2.22 bits per heavy atom. The second-order valence-corrected chi connectivity index (χ2v) is 6.81. The molecule has 1 aliphatic heterocycles. The maximum atomic E-state index is 12.4. The van der Waals surface area contributed by atoms with E-state index in [0.717, 1.165) is 28.6 Å². The molecule has 0 bridgehead atoms. The van der Waals surface area contributed by atoms with Crippen molar-refractivity contribution in [3.05, 3.63) is 36.8 Å². The third-order valence-electron chi connectivity index (χ3n) is 4.72. The smallest absolute Gasteiger partial charge is 0.240 e. The van der Waals surface area contributed by atoms with Crippen LogP contribution < -0.4 is 5.32 Å². The van der Waals surface area contributed by atoms with E-state index in [9.17, 15) is 4.79 Å². The number of carbonyl (C=O) groups is 1. The first-order chi connectivity index (χ1) is 13.1. The summed E-state index contributed by atoms with van der Waals surface area (Å²) in [5.41, 5.74) is 2.82. The van der Waals surface area contributed by atoms with Gasteiger partial charge in [-0.1, -0.05) is 12.1 Å². The van der Waals surface area contributed by atoms with Crippen molar-refractivity contribution in [3.8, 4) is 11.1 Å². The summed E-state index contributed by atoms with van der Waals surface area (Å²) >= 11 is 0. The summed E-state index contributed by atoms with van der Waals surface area (Å²) in [6.45, 7) is 4.42.